The third-order valence-corrected chi connectivity index (χ3v) is 8.60. The molecule has 202 valence electrons. The Morgan fingerprint density at radius 3 is 2.49 bits per heavy atom. The molecule has 3 aromatic carbocycles. The molecule has 7 heteroatoms. The lowest BCUT2D eigenvalue weighted by molar-refractivity contribution is 0.0905. The minimum atomic E-state index is -0.718. The molecule has 0 fully saturated rings. The molecule has 0 radical (unpaired) electrons. The number of ketones is 1. The second-order valence-corrected chi connectivity index (χ2v) is 12.1. The molecular weight excluding hydrogens is 508 g/mol. The third-order valence-electron chi connectivity index (χ3n) is 7.56. The lowest BCUT2D eigenvalue weighted by atomic mass is 9.86. The molecule has 0 aliphatic heterocycles. The van der Waals surface area contributed by atoms with Gasteiger partial charge in [0.1, 0.15) is 22.8 Å². The number of Topliss-reactive ketones (excluding diaryl/α,β-unsaturated/α-hetero) is 1. The predicted octanol–water partition coefficient (Wildman–Crippen LogP) is 7.32. The summed E-state index contributed by atoms with van der Waals surface area (Å²) < 4.78 is 6.73. The van der Waals surface area contributed by atoms with Gasteiger partial charge in [-0.1, -0.05) is 52.0 Å². The van der Waals surface area contributed by atoms with Crippen LogP contribution < -0.4 is 10.5 Å². The Balaban J connectivity index is 1.73. The van der Waals surface area contributed by atoms with E-state index in [1.165, 1.54) is 16.9 Å². The summed E-state index contributed by atoms with van der Waals surface area (Å²) in [6, 6.07) is 16.3. The van der Waals surface area contributed by atoms with Crippen molar-refractivity contribution in [3.8, 4) is 10.6 Å². The number of benzene rings is 3. The summed E-state index contributed by atoms with van der Waals surface area (Å²) in [7, 11) is 0. The monoisotopic (exact) mass is 542 g/mol. The van der Waals surface area contributed by atoms with E-state index < -0.39 is 18.0 Å². The summed E-state index contributed by atoms with van der Waals surface area (Å²) in [6.07, 6.45) is 0.965. The Labute approximate surface area is 231 Å². The average Bonchev–Trinajstić information content (AvgIpc) is 3.35. The number of fused-ring (bicyclic) bond motifs is 4. The van der Waals surface area contributed by atoms with E-state index in [1.54, 1.807) is 0 Å². The highest BCUT2D eigenvalue weighted by atomic mass is 32.1. The van der Waals surface area contributed by atoms with Crippen molar-refractivity contribution in [1.29, 1.82) is 0 Å². The maximum absolute atomic E-state index is 13.5. The number of aliphatic hydroxyl groups is 1. The highest BCUT2D eigenvalue weighted by molar-refractivity contribution is 7.21. The van der Waals surface area contributed by atoms with E-state index in [9.17, 15) is 14.7 Å². The topological polar surface area (TPSA) is 83.6 Å². The fourth-order valence-corrected chi connectivity index (χ4v) is 6.21. The van der Waals surface area contributed by atoms with Gasteiger partial charge in [-0.25, -0.2) is 9.78 Å². The Morgan fingerprint density at radius 2 is 1.82 bits per heavy atom. The molecule has 39 heavy (non-hydrogen) atoms. The van der Waals surface area contributed by atoms with Crippen molar-refractivity contribution in [3.63, 3.8) is 0 Å². The van der Waals surface area contributed by atoms with E-state index in [2.05, 4.69) is 70.7 Å². The van der Waals surface area contributed by atoms with E-state index in [1.807, 2.05) is 24.3 Å². The quantitative estimate of drug-likeness (QED) is 0.171. The molecular formula is C32H34N2O4S. The standard InChI is InChI=1S/C32H34N2O4S/c1-7-18(3)34(8-2)21-11-13-23-25(16-21)38-31(37)28(27(23)24(36)17-35)30-33-29-22-12-10-20(32(4,5)6)15-19(22)9-14-26(29)39-30/h9-16,18,35H,7-8,17H2,1-6H3. The van der Waals surface area contributed by atoms with E-state index in [0.29, 0.717) is 22.0 Å². The van der Waals surface area contributed by atoms with Gasteiger partial charge in [0.05, 0.1) is 10.2 Å². The van der Waals surface area contributed by atoms with Gasteiger partial charge in [0.15, 0.2) is 5.78 Å². The van der Waals surface area contributed by atoms with Crippen LogP contribution in [0.3, 0.4) is 0 Å². The lowest BCUT2D eigenvalue weighted by Gasteiger charge is -2.29. The molecule has 0 bridgehead atoms. The Bertz CT molecular complexity index is 1780. The number of rotatable bonds is 7. The molecule has 6 nitrogen and oxygen atoms in total. The normalized spacial score (nSPS) is 12.9. The van der Waals surface area contributed by atoms with Crippen molar-refractivity contribution in [2.45, 2.75) is 59.4 Å². The molecule has 1 atom stereocenters. The average molecular weight is 543 g/mol. The van der Waals surface area contributed by atoms with Crippen LogP contribution in [0.15, 0.2) is 57.7 Å². The summed E-state index contributed by atoms with van der Waals surface area (Å²) in [5.41, 5.74) is 2.87. The van der Waals surface area contributed by atoms with E-state index in [4.69, 9.17) is 9.40 Å². The zero-order valence-electron chi connectivity index (χ0n) is 23.3. The van der Waals surface area contributed by atoms with Crippen LogP contribution in [0.1, 0.15) is 63.9 Å². The molecule has 1 N–H and O–H groups in total. The van der Waals surface area contributed by atoms with Crippen molar-refractivity contribution >= 4 is 54.8 Å². The molecule has 1 unspecified atom stereocenters. The second kappa shape index (κ2) is 10.2. The number of aromatic nitrogens is 1. The SMILES string of the molecule is CCC(C)N(CC)c1ccc2c(C(=O)CO)c(-c3nc4c(ccc5cc(C(C)(C)C)ccc54)s3)c(=O)oc2c1. The van der Waals surface area contributed by atoms with Crippen LogP contribution in [0.4, 0.5) is 5.69 Å². The van der Waals surface area contributed by atoms with Gasteiger partial charge in [-0.15, -0.1) is 11.3 Å². The van der Waals surface area contributed by atoms with Crippen molar-refractivity contribution in [2.75, 3.05) is 18.1 Å². The summed E-state index contributed by atoms with van der Waals surface area (Å²) in [5, 5.41) is 12.8. The summed E-state index contributed by atoms with van der Waals surface area (Å²) in [4.78, 5) is 33.6. The van der Waals surface area contributed by atoms with Gasteiger partial charge in [-0.05, 0) is 54.8 Å². The number of hydrogen-bond acceptors (Lipinski definition) is 7. The van der Waals surface area contributed by atoms with E-state index in [-0.39, 0.29) is 16.5 Å². The number of thiazole rings is 1. The van der Waals surface area contributed by atoms with Gasteiger partial charge in [0.25, 0.3) is 0 Å². The maximum atomic E-state index is 13.5. The van der Waals surface area contributed by atoms with Gasteiger partial charge in [0, 0.05) is 40.7 Å². The summed E-state index contributed by atoms with van der Waals surface area (Å²) >= 11 is 1.35. The first kappa shape index (κ1) is 27.0. The zero-order valence-corrected chi connectivity index (χ0v) is 24.1. The van der Waals surface area contributed by atoms with Crippen molar-refractivity contribution in [1.82, 2.24) is 4.98 Å². The Morgan fingerprint density at radius 1 is 1.08 bits per heavy atom. The molecule has 0 amide bonds. The molecule has 0 aliphatic rings. The van der Waals surface area contributed by atoms with E-state index in [0.717, 1.165) is 39.6 Å². The fraction of sp³-hybridized carbons (Fsp3) is 0.344. The van der Waals surface area contributed by atoms with Crippen LogP contribution in [0.2, 0.25) is 0 Å². The highest BCUT2D eigenvalue weighted by Crippen LogP contribution is 2.38. The minimum Gasteiger partial charge on any atom is -0.422 e. The highest BCUT2D eigenvalue weighted by Gasteiger charge is 2.25. The molecule has 0 saturated heterocycles. The fourth-order valence-electron chi connectivity index (χ4n) is 5.19. The second-order valence-electron chi connectivity index (χ2n) is 11.1. The molecule has 0 aliphatic carbocycles. The number of carbonyl (C=O) groups is 1. The molecule has 0 saturated carbocycles. The minimum absolute atomic E-state index is 0.0165. The van der Waals surface area contributed by atoms with Gasteiger partial charge in [-0.2, -0.15) is 0 Å². The van der Waals surface area contributed by atoms with Gasteiger partial charge in [0.2, 0.25) is 0 Å². The number of anilines is 1. The summed E-state index contributed by atoms with van der Waals surface area (Å²) in [6.45, 7) is 13.0. The van der Waals surface area contributed by atoms with Crippen LogP contribution in [0, 0.1) is 0 Å². The summed E-state index contributed by atoms with van der Waals surface area (Å²) in [5.74, 6) is -0.538. The van der Waals surface area contributed by atoms with Crippen LogP contribution in [-0.2, 0) is 5.41 Å². The van der Waals surface area contributed by atoms with Gasteiger partial charge in [-0.3, -0.25) is 4.79 Å². The zero-order chi connectivity index (χ0) is 28.1. The van der Waals surface area contributed by atoms with E-state index >= 15 is 0 Å². The Hall–Kier alpha value is -3.55. The maximum Gasteiger partial charge on any atom is 0.347 e. The molecule has 0 spiro atoms. The third kappa shape index (κ3) is 4.74. The number of carbonyl (C=O) groups excluding carboxylic acids is 1. The van der Waals surface area contributed by atoms with Crippen LogP contribution >= 0.6 is 11.3 Å². The Kier molecular flexibility index (Phi) is 7.08. The first-order chi connectivity index (χ1) is 18.6. The predicted molar refractivity (Wildman–Crippen MR) is 161 cm³/mol. The largest absolute Gasteiger partial charge is 0.422 e. The molecule has 2 aromatic heterocycles. The van der Waals surface area contributed by atoms with Crippen molar-refractivity contribution in [2.24, 2.45) is 0 Å². The number of nitrogens with zero attached hydrogens (tertiary/aromatic N) is 2. The molecule has 2 heterocycles. The van der Waals surface area contributed by atoms with Gasteiger partial charge < -0.3 is 14.4 Å². The number of hydrogen-bond donors (Lipinski definition) is 1. The van der Waals surface area contributed by atoms with Crippen LogP contribution in [0.5, 0.6) is 0 Å². The first-order valence-electron chi connectivity index (χ1n) is 13.4. The lowest BCUT2D eigenvalue weighted by Crippen LogP contribution is -2.32. The van der Waals surface area contributed by atoms with Crippen molar-refractivity contribution < 1.29 is 14.3 Å². The molecule has 5 rings (SSSR count). The van der Waals surface area contributed by atoms with Crippen LogP contribution in [-0.4, -0.2) is 35.1 Å². The first-order valence-corrected chi connectivity index (χ1v) is 14.2. The molecule has 5 aromatic rings. The number of aliphatic hydroxyl groups excluding tert-OH is 1. The smallest absolute Gasteiger partial charge is 0.347 e. The van der Waals surface area contributed by atoms with Crippen LogP contribution in [0.25, 0.3) is 42.5 Å². The van der Waals surface area contributed by atoms with Crippen molar-refractivity contribution in [3.05, 3.63) is 70.1 Å². The van der Waals surface area contributed by atoms with Gasteiger partial charge >= 0.3 is 5.63 Å².